The lowest BCUT2D eigenvalue weighted by molar-refractivity contribution is 0.243. The lowest BCUT2D eigenvalue weighted by atomic mass is 10.3. The van der Waals surface area contributed by atoms with Crippen LogP contribution in [0.4, 0.5) is 5.69 Å². The highest BCUT2D eigenvalue weighted by molar-refractivity contribution is 8.00. The molecular weight excluding hydrogens is 206 g/mol. The molecule has 0 bridgehead atoms. The summed E-state index contributed by atoms with van der Waals surface area (Å²) in [6.45, 7) is 0. The summed E-state index contributed by atoms with van der Waals surface area (Å²) >= 11 is 7.42. The van der Waals surface area contributed by atoms with Crippen molar-refractivity contribution < 1.29 is 4.74 Å². The zero-order valence-corrected chi connectivity index (χ0v) is 8.78. The maximum Gasteiger partial charge on any atom is 0.242 e. The van der Waals surface area contributed by atoms with Gasteiger partial charge >= 0.3 is 0 Å². The fraction of sp³-hybridized carbons (Fsp3) is 0.333. The fourth-order valence-electron chi connectivity index (χ4n) is 1.28. The summed E-state index contributed by atoms with van der Waals surface area (Å²) < 4.78 is 5.71. The van der Waals surface area contributed by atoms with Crippen molar-refractivity contribution in [3.63, 3.8) is 0 Å². The summed E-state index contributed by atoms with van der Waals surface area (Å²) in [6, 6.07) is 7.84. The van der Waals surface area contributed by atoms with Crippen LogP contribution in [0.3, 0.4) is 0 Å². The van der Waals surface area contributed by atoms with Crippen LogP contribution in [-0.4, -0.2) is 17.2 Å². The van der Waals surface area contributed by atoms with Crippen LogP contribution >= 0.6 is 23.4 Å². The zero-order valence-electron chi connectivity index (χ0n) is 7.21. The molecule has 1 heterocycles. The van der Waals surface area contributed by atoms with E-state index in [0.29, 0.717) is 5.88 Å². The summed E-state index contributed by atoms with van der Waals surface area (Å²) in [5, 5.41) is 2.78. The lowest BCUT2D eigenvalue weighted by Crippen LogP contribution is -2.38. The molecular formula is C9H10ClNOS. The molecule has 2 nitrogen and oxygen atoms in total. The van der Waals surface area contributed by atoms with Gasteiger partial charge in [-0.3, -0.25) is 0 Å². The SMILES string of the molecule is CSC1(CCl)Nc2ccccc2O1. The Balaban J connectivity index is 2.30. The predicted octanol–water partition coefficient (Wildman–Crippen LogP) is 2.75. The number of ether oxygens (including phenoxy) is 1. The number of nitrogens with one attached hydrogen (secondary N) is 1. The number of fused-ring (bicyclic) bond motifs is 1. The largest absolute Gasteiger partial charge is 0.455 e. The molecule has 0 amide bonds. The molecule has 1 atom stereocenters. The highest BCUT2D eigenvalue weighted by Gasteiger charge is 2.37. The van der Waals surface area contributed by atoms with Gasteiger partial charge in [-0.2, -0.15) is 0 Å². The number of benzene rings is 1. The number of halogens is 1. The van der Waals surface area contributed by atoms with Gasteiger partial charge < -0.3 is 10.1 Å². The second-order valence-electron chi connectivity index (χ2n) is 2.81. The first-order valence-corrected chi connectivity index (χ1v) is 5.73. The summed E-state index contributed by atoms with van der Waals surface area (Å²) in [6.07, 6.45) is 1.97. The monoisotopic (exact) mass is 215 g/mol. The summed E-state index contributed by atoms with van der Waals surface area (Å²) in [5.41, 5.74) is 1.01. The molecule has 0 fully saturated rings. The van der Waals surface area contributed by atoms with Crippen LogP contribution in [0.5, 0.6) is 5.75 Å². The van der Waals surface area contributed by atoms with Crippen molar-refractivity contribution in [2.75, 3.05) is 17.5 Å². The van der Waals surface area contributed by atoms with Gasteiger partial charge in [-0.15, -0.1) is 11.6 Å². The third-order valence-electron chi connectivity index (χ3n) is 1.99. The quantitative estimate of drug-likeness (QED) is 0.767. The van der Waals surface area contributed by atoms with Crippen LogP contribution in [0, 0.1) is 0 Å². The number of rotatable bonds is 2. The van der Waals surface area contributed by atoms with Gasteiger partial charge in [0.15, 0.2) is 0 Å². The summed E-state index contributed by atoms with van der Waals surface area (Å²) in [7, 11) is 0. The van der Waals surface area contributed by atoms with Gasteiger partial charge in [0.1, 0.15) is 5.75 Å². The van der Waals surface area contributed by atoms with Crippen LogP contribution in [0.25, 0.3) is 0 Å². The number of anilines is 1. The van der Waals surface area contributed by atoms with Crippen molar-refractivity contribution in [3.05, 3.63) is 24.3 Å². The molecule has 1 unspecified atom stereocenters. The molecule has 1 aliphatic rings. The number of para-hydroxylation sites is 2. The van der Waals surface area contributed by atoms with Crippen molar-refractivity contribution >= 4 is 29.1 Å². The van der Waals surface area contributed by atoms with Gasteiger partial charge in [0, 0.05) is 0 Å². The summed E-state index contributed by atoms with van der Waals surface area (Å²) in [5.74, 6) is 1.29. The standard InChI is InChI=1S/C9H10ClNOS/c1-13-9(6-10)11-7-4-2-3-5-8(7)12-9/h2-5,11H,6H2,1H3. The lowest BCUT2D eigenvalue weighted by Gasteiger charge is -2.23. The third kappa shape index (κ3) is 1.46. The molecule has 0 aromatic heterocycles. The maximum absolute atomic E-state index is 5.85. The first kappa shape index (κ1) is 9.03. The molecule has 0 aliphatic carbocycles. The Morgan fingerprint density at radius 1 is 1.54 bits per heavy atom. The van der Waals surface area contributed by atoms with Gasteiger partial charge in [-0.25, -0.2) is 0 Å². The van der Waals surface area contributed by atoms with E-state index in [1.54, 1.807) is 11.8 Å². The molecule has 70 valence electrons. The van der Waals surface area contributed by atoms with E-state index in [-0.39, 0.29) is 0 Å². The molecule has 1 N–H and O–H groups in total. The highest BCUT2D eigenvalue weighted by atomic mass is 35.5. The van der Waals surface area contributed by atoms with Crippen LogP contribution in [0.1, 0.15) is 0 Å². The van der Waals surface area contributed by atoms with Crippen LogP contribution in [-0.2, 0) is 0 Å². The Morgan fingerprint density at radius 2 is 2.31 bits per heavy atom. The van der Waals surface area contributed by atoms with Crippen molar-refractivity contribution in [3.8, 4) is 5.75 Å². The van der Waals surface area contributed by atoms with Crippen LogP contribution in [0.2, 0.25) is 0 Å². The van der Waals surface area contributed by atoms with Gasteiger partial charge in [-0.05, 0) is 18.4 Å². The minimum atomic E-state index is -0.481. The first-order valence-electron chi connectivity index (χ1n) is 3.97. The van der Waals surface area contributed by atoms with Crippen LogP contribution < -0.4 is 10.1 Å². The second-order valence-corrected chi connectivity index (χ2v) is 4.15. The predicted molar refractivity (Wildman–Crippen MR) is 57.7 cm³/mol. The molecule has 0 saturated heterocycles. The first-order chi connectivity index (χ1) is 6.29. The molecule has 2 rings (SSSR count). The van der Waals surface area contributed by atoms with Gasteiger partial charge in [0.05, 0.1) is 11.6 Å². The topological polar surface area (TPSA) is 21.3 Å². The van der Waals surface area contributed by atoms with E-state index in [1.165, 1.54) is 0 Å². The van der Waals surface area contributed by atoms with E-state index in [2.05, 4.69) is 5.32 Å². The van der Waals surface area contributed by atoms with E-state index in [1.807, 2.05) is 30.5 Å². The van der Waals surface area contributed by atoms with Gasteiger partial charge in [-0.1, -0.05) is 23.9 Å². The minimum Gasteiger partial charge on any atom is -0.455 e. The average Bonchev–Trinajstić information content (AvgIpc) is 2.57. The molecule has 13 heavy (non-hydrogen) atoms. The van der Waals surface area contributed by atoms with E-state index in [9.17, 15) is 0 Å². The van der Waals surface area contributed by atoms with Crippen molar-refractivity contribution in [2.45, 2.75) is 5.06 Å². The normalized spacial score (nSPS) is 24.8. The second kappa shape index (κ2) is 3.31. The molecule has 1 aliphatic heterocycles. The smallest absolute Gasteiger partial charge is 0.242 e. The van der Waals surface area contributed by atoms with E-state index in [0.717, 1.165) is 11.4 Å². The van der Waals surface area contributed by atoms with Crippen molar-refractivity contribution in [1.82, 2.24) is 0 Å². The Kier molecular flexibility index (Phi) is 2.30. The minimum absolute atomic E-state index is 0.419. The molecule has 0 spiro atoms. The van der Waals surface area contributed by atoms with Crippen molar-refractivity contribution in [2.24, 2.45) is 0 Å². The van der Waals surface area contributed by atoms with E-state index in [4.69, 9.17) is 16.3 Å². The van der Waals surface area contributed by atoms with Crippen molar-refractivity contribution in [1.29, 1.82) is 0 Å². The fourth-order valence-corrected chi connectivity index (χ4v) is 2.22. The number of hydrogen-bond acceptors (Lipinski definition) is 3. The molecule has 1 aromatic carbocycles. The van der Waals surface area contributed by atoms with Gasteiger partial charge in [0.2, 0.25) is 5.06 Å². The Labute approximate surface area is 86.6 Å². The zero-order chi connectivity index (χ0) is 9.31. The maximum atomic E-state index is 5.85. The van der Waals surface area contributed by atoms with Gasteiger partial charge in [0.25, 0.3) is 0 Å². The van der Waals surface area contributed by atoms with E-state index >= 15 is 0 Å². The molecule has 0 saturated carbocycles. The Morgan fingerprint density at radius 3 is 2.92 bits per heavy atom. The molecule has 0 radical (unpaired) electrons. The Bertz CT molecular complexity index is 287. The number of hydrogen-bond donors (Lipinski definition) is 1. The molecule has 1 aromatic rings. The number of alkyl halides is 1. The highest BCUT2D eigenvalue weighted by Crippen LogP contribution is 2.41. The summed E-state index contributed by atoms with van der Waals surface area (Å²) in [4.78, 5) is 0. The number of thioether (sulfide) groups is 1. The van der Waals surface area contributed by atoms with E-state index < -0.39 is 5.06 Å². The molecule has 4 heteroatoms. The van der Waals surface area contributed by atoms with Crippen LogP contribution in [0.15, 0.2) is 24.3 Å². The third-order valence-corrected chi connectivity index (χ3v) is 3.52. The average molecular weight is 216 g/mol. The Hall–Kier alpha value is -0.540.